The summed E-state index contributed by atoms with van der Waals surface area (Å²) in [5.41, 5.74) is -1.45. The predicted octanol–water partition coefficient (Wildman–Crippen LogP) is 2.27. The largest absolute Gasteiger partial charge is 0.468 e. The first-order chi connectivity index (χ1) is 11.1. The van der Waals surface area contributed by atoms with Crippen molar-refractivity contribution in [1.29, 1.82) is 0 Å². The van der Waals surface area contributed by atoms with E-state index >= 15 is 0 Å². The summed E-state index contributed by atoms with van der Waals surface area (Å²) in [6.07, 6.45) is -2.54. The quantitative estimate of drug-likeness (QED) is 0.852. The first-order valence-electron chi connectivity index (χ1n) is 6.84. The molecule has 2 heterocycles. The van der Waals surface area contributed by atoms with Crippen LogP contribution in [0, 0.1) is 0 Å². The molecule has 2 aromatic rings. The second-order valence-corrected chi connectivity index (χ2v) is 6.93. The Morgan fingerprint density at radius 3 is 2.54 bits per heavy atom. The maximum Gasteiger partial charge on any atom is 0.434 e. The third-order valence-electron chi connectivity index (χ3n) is 3.29. The van der Waals surface area contributed by atoms with E-state index in [9.17, 15) is 21.6 Å². The minimum atomic E-state index is -4.87. The fourth-order valence-corrected chi connectivity index (χ4v) is 3.32. The Kier molecular flexibility index (Phi) is 5.31. The van der Waals surface area contributed by atoms with Crippen LogP contribution in [0.25, 0.3) is 0 Å². The summed E-state index contributed by atoms with van der Waals surface area (Å²) in [6.45, 7) is -0.158. The van der Waals surface area contributed by atoms with Crippen molar-refractivity contribution in [2.75, 3.05) is 20.6 Å². The molecule has 1 unspecified atom stereocenters. The van der Waals surface area contributed by atoms with Crippen LogP contribution in [0.1, 0.15) is 17.5 Å². The Labute approximate surface area is 137 Å². The molecule has 132 valence electrons. The van der Waals surface area contributed by atoms with Gasteiger partial charge in [0, 0.05) is 12.7 Å². The van der Waals surface area contributed by atoms with Gasteiger partial charge in [0.2, 0.25) is 10.0 Å². The fraction of sp³-hybridized carbons (Fsp3) is 0.357. The van der Waals surface area contributed by atoms with Crippen molar-refractivity contribution in [2.24, 2.45) is 0 Å². The molecule has 0 radical (unpaired) electrons. The molecule has 2 aromatic heterocycles. The molecule has 0 saturated heterocycles. The lowest BCUT2D eigenvalue weighted by atomic mass is 10.2. The number of rotatable bonds is 6. The number of hydrogen-bond acceptors (Lipinski definition) is 5. The lowest BCUT2D eigenvalue weighted by molar-refractivity contribution is -0.143. The third kappa shape index (κ3) is 4.13. The average Bonchev–Trinajstić information content (AvgIpc) is 3.00. The van der Waals surface area contributed by atoms with Gasteiger partial charge in [-0.25, -0.2) is 13.1 Å². The fourth-order valence-electron chi connectivity index (χ4n) is 2.11. The van der Waals surface area contributed by atoms with Crippen molar-refractivity contribution in [1.82, 2.24) is 14.6 Å². The van der Waals surface area contributed by atoms with Crippen LogP contribution in [0.3, 0.4) is 0 Å². The number of sulfonamides is 1. The van der Waals surface area contributed by atoms with E-state index in [1.54, 1.807) is 31.1 Å². The Morgan fingerprint density at radius 2 is 2.00 bits per heavy atom. The van der Waals surface area contributed by atoms with Crippen LogP contribution < -0.4 is 4.72 Å². The van der Waals surface area contributed by atoms with Crippen LogP contribution in [-0.4, -0.2) is 38.9 Å². The SMILES string of the molecule is CN(C)C(CNS(=O)(=O)c1cccnc1C(F)(F)F)c1ccco1. The van der Waals surface area contributed by atoms with Gasteiger partial charge in [0.25, 0.3) is 0 Å². The Hall–Kier alpha value is -1.91. The zero-order valence-corrected chi connectivity index (χ0v) is 13.7. The lowest BCUT2D eigenvalue weighted by Gasteiger charge is -2.23. The number of aromatic nitrogens is 1. The van der Waals surface area contributed by atoms with Gasteiger partial charge in [0.15, 0.2) is 5.69 Å². The van der Waals surface area contributed by atoms with Crippen molar-refractivity contribution in [3.05, 3.63) is 48.2 Å². The molecule has 1 N–H and O–H groups in total. The summed E-state index contributed by atoms with van der Waals surface area (Å²) in [5, 5.41) is 0. The third-order valence-corrected chi connectivity index (χ3v) is 4.75. The molecule has 2 rings (SSSR count). The summed E-state index contributed by atoms with van der Waals surface area (Å²) >= 11 is 0. The maximum atomic E-state index is 13.0. The Morgan fingerprint density at radius 1 is 1.29 bits per heavy atom. The molecule has 6 nitrogen and oxygen atoms in total. The smallest absolute Gasteiger partial charge is 0.434 e. The molecule has 0 saturated carbocycles. The number of furan rings is 1. The monoisotopic (exact) mass is 363 g/mol. The van der Waals surface area contributed by atoms with Gasteiger partial charge in [-0.2, -0.15) is 13.2 Å². The van der Waals surface area contributed by atoms with E-state index in [0.29, 0.717) is 5.76 Å². The lowest BCUT2D eigenvalue weighted by Crippen LogP contribution is -2.35. The predicted molar refractivity (Wildman–Crippen MR) is 79.6 cm³/mol. The molecule has 0 spiro atoms. The van der Waals surface area contributed by atoms with Gasteiger partial charge in [-0.15, -0.1) is 0 Å². The topological polar surface area (TPSA) is 75.4 Å². The number of pyridine rings is 1. The second kappa shape index (κ2) is 6.91. The molecule has 24 heavy (non-hydrogen) atoms. The highest BCUT2D eigenvalue weighted by atomic mass is 32.2. The van der Waals surface area contributed by atoms with Crippen molar-refractivity contribution in [3.63, 3.8) is 0 Å². The van der Waals surface area contributed by atoms with Gasteiger partial charge in [-0.1, -0.05) is 0 Å². The van der Waals surface area contributed by atoms with Crippen LogP contribution in [0.15, 0.2) is 46.0 Å². The van der Waals surface area contributed by atoms with Gasteiger partial charge in [-0.05, 0) is 38.4 Å². The summed E-state index contributed by atoms with van der Waals surface area (Å²) < 4.78 is 70.9. The molecule has 0 aromatic carbocycles. The standard InChI is InChI=1S/C14H16F3N3O3S/c1-20(2)10(11-5-4-8-23-11)9-19-24(21,22)12-6-3-7-18-13(12)14(15,16)17/h3-8,10,19H,9H2,1-2H3. The molecule has 0 aliphatic carbocycles. The minimum absolute atomic E-state index is 0.158. The van der Waals surface area contributed by atoms with E-state index in [1.165, 1.54) is 6.26 Å². The van der Waals surface area contributed by atoms with Crippen LogP contribution in [0.5, 0.6) is 0 Å². The number of nitrogens with zero attached hydrogens (tertiary/aromatic N) is 2. The van der Waals surface area contributed by atoms with Crippen LogP contribution in [-0.2, 0) is 16.2 Å². The van der Waals surface area contributed by atoms with Crippen molar-refractivity contribution in [3.8, 4) is 0 Å². The zero-order chi connectivity index (χ0) is 18.0. The summed E-state index contributed by atoms with van der Waals surface area (Å²) in [5.74, 6) is 0.491. The van der Waals surface area contributed by atoms with Crippen LogP contribution in [0.2, 0.25) is 0 Å². The number of halogens is 3. The molecular formula is C14H16F3N3O3S. The average molecular weight is 363 g/mol. The van der Waals surface area contributed by atoms with E-state index in [0.717, 1.165) is 18.3 Å². The van der Waals surface area contributed by atoms with E-state index in [-0.39, 0.29) is 6.54 Å². The van der Waals surface area contributed by atoms with Crippen LogP contribution >= 0.6 is 0 Å². The van der Waals surface area contributed by atoms with E-state index < -0.39 is 32.8 Å². The molecule has 0 fully saturated rings. The van der Waals surface area contributed by atoms with Gasteiger partial charge in [0.1, 0.15) is 10.7 Å². The summed E-state index contributed by atoms with van der Waals surface area (Å²) in [7, 11) is -0.992. The number of likely N-dealkylation sites (N-methyl/N-ethyl adjacent to an activating group) is 1. The molecule has 0 aliphatic rings. The van der Waals surface area contributed by atoms with Crippen LogP contribution in [0.4, 0.5) is 13.2 Å². The number of nitrogens with one attached hydrogen (secondary N) is 1. The zero-order valence-electron chi connectivity index (χ0n) is 12.9. The summed E-state index contributed by atoms with van der Waals surface area (Å²) in [6, 6.07) is 4.84. The molecular weight excluding hydrogens is 347 g/mol. The van der Waals surface area contributed by atoms with Crippen molar-refractivity contribution >= 4 is 10.0 Å². The first kappa shape index (κ1) is 18.4. The highest BCUT2D eigenvalue weighted by Gasteiger charge is 2.39. The maximum absolute atomic E-state index is 13.0. The molecule has 10 heteroatoms. The molecule has 0 amide bonds. The Bertz CT molecular complexity index is 774. The minimum Gasteiger partial charge on any atom is -0.468 e. The van der Waals surface area contributed by atoms with E-state index in [1.807, 2.05) is 0 Å². The van der Waals surface area contributed by atoms with Crippen molar-refractivity contribution < 1.29 is 26.0 Å². The normalized spacial score (nSPS) is 14.1. The van der Waals surface area contributed by atoms with Gasteiger partial charge in [0.05, 0.1) is 12.3 Å². The highest BCUT2D eigenvalue weighted by molar-refractivity contribution is 7.89. The van der Waals surface area contributed by atoms with E-state index in [4.69, 9.17) is 4.42 Å². The van der Waals surface area contributed by atoms with Gasteiger partial charge >= 0.3 is 6.18 Å². The Balaban J connectivity index is 2.26. The number of alkyl halides is 3. The van der Waals surface area contributed by atoms with E-state index in [2.05, 4.69) is 9.71 Å². The molecule has 1 atom stereocenters. The van der Waals surface area contributed by atoms with Gasteiger partial charge in [-0.3, -0.25) is 9.88 Å². The van der Waals surface area contributed by atoms with Crippen molar-refractivity contribution in [2.45, 2.75) is 17.1 Å². The summed E-state index contributed by atoms with van der Waals surface area (Å²) in [4.78, 5) is 3.94. The first-order valence-corrected chi connectivity index (χ1v) is 8.33. The highest BCUT2D eigenvalue weighted by Crippen LogP contribution is 2.32. The van der Waals surface area contributed by atoms with Gasteiger partial charge < -0.3 is 4.42 Å². The second-order valence-electron chi connectivity index (χ2n) is 5.19. The molecule has 0 bridgehead atoms. The number of hydrogen-bond donors (Lipinski definition) is 1. The molecule has 0 aliphatic heterocycles.